The molecule has 0 saturated heterocycles. The Bertz CT molecular complexity index is 1090. The number of amidine groups is 1. The van der Waals surface area contributed by atoms with Crippen molar-refractivity contribution in [2.75, 3.05) is 0 Å². The Morgan fingerprint density at radius 3 is 2.39 bits per heavy atom. The Labute approximate surface area is 167 Å². The van der Waals surface area contributed by atoms with Gasteiger partial charge in [-0.15, -0.1) is 0 Å². The molecule has 4 rings (SSSR count). The van der Waals surface area contributed by atoms with Crippen molar-refractivity contribution in [1.29, 1.82) is 5.26 Å². The summed E-state index contributed by atoms with van der Waals surface area (Å²) >= 11 is 5.95. The molecule has 0 fully saturated rings. The second kappa shape index (κ2) is 7.55. The summed E-state index contributed by atoms with van der Waals surface area (Å²) in [4.78, 5) is 17.7. The third kappa shape index (κ3) is 3.34. The van der Waals surface area contributed by atoms with E-state index >= 15 is 0 Å². The smallest absolute Gasteiger partial charge is 0.273 e. The van der Waals surface area contributed by atoms with E-state index in [2.05, 4.69) is 16.5 Å². The predicted molar refractivity (Wildman–Crippen MR) is 108 cm³/mol. The Morgan fingerprint density at radius 2 is 1.68 bits per heavy atom. The van der Waals surface area contributed by atoms with Gasteiger partial charge < -0.3 is 0 Å². The highest BCUT2D eigenvalue weighted by Crippen LogP contribution is 2.29. The zero-order valence-corrected chi connectivity index (χ0v) is 15.5. The highest BCUT2D eigenvalue weighted by atomic mass is 35.5. The molecule has 1 heterocycles. The van der Waals surface area contributed by atoms with Crippen molar-refractivity contribution in [3.63, 3.8) is 0 Å². The van der Waals surface area contributed by atoms with Gasteiger partial charge in [0.25, 0.3) is 5.91 Å². The normalized spacial score (nSPS) is 16.8. The summed E-state index contributed by atoms with van der Waals surface area (Å²) in [6.07, 6.45) is 0. The van der Waals surface area contributed by atoms with Gasteiger partial charge in [-0.25, -0.2) is 10.0 Å². The second-order valence-electron chi connectivity index (χ2n) is 6.21. The van der Waals surface area contributed by atoms with Crippen LogP contribution in [-0.4, -0.2) is 16.8 Å². The number of benzene rings is 3. The Morgan fingerprint density at radius 1 is 1.00 bits per heavy atom. The lowest BCUT2D eigenvalue weighted by molar-refractivity contribution is 0.0654. The summed E-state index contributed by atoms with van der Waals surface area (Å²) in [5, 5.41) is 11.7. The van der Waals surface area contributed by atoms with Crippen LogP contribution in [0.2, 0.25) is 5.02 Å². The van der Waals surface area contributed by atoms with E-state index in [1.807, 2.05) is 30.3 Å². The number of amides is 1. The summed E-state index contributed by atoms with van der Waals surface area (Å²) in [7, 11) is 0. The summed E-state index contributed by atoms with van der Waals surface area (Å²) in [5.74, 6) is 0.194. The van der Waals surface area contributed by atoms with E-state index in [0.29, 0.717) is 22.1 Å². The summed E-state index contributed by atoms with van der Waals surface area (Å²) in [5.41, 5.74) is 5.72. The van der Waals surface area contributed by atoms with Crippen LogP contribution in [0.15, 0.2) is 83.9 Å². The van der Waals surface area contributed by atoms with Crippen LogP contribution in [-0.2, 0) is 0 Å². The lowest BCUT2D eigenvalue weighted by Crippen LogP contribution is -2.52. The Hall–Kier alpha value is -3.62. The number of hydrogen-bond acceptors (Lipinski definition) is 3. The first-order valence-electron chi connectivity index (χ1n) is 8.66. The fourth-order valence-electron chi connectivity index (χ4n) is 3.07. The van der Waals surface area contributed by atoms with Crippen LogP contribution in [0.1, 0.15) is 27.5 Å². The average molecular weight is 387 g/mol. The van der Waals surface area contributed by atoms with Crippen LogP contribution >= 0.6 is 11.6 Å². The van der Waals surface area contributed by atoms with Crippen LogP contribution in [0.5, 0.6) is 0 Å². The van der Waals surface area contributed by atoms with E-state index in [-0.39, 0.29) is 5.91 Å². The molecular formula is C22H15ClN4O. The van der Waals surface area contributed by atoms with Gasteiger partial charge in [-0.2, -0.15) is 5.26 Å². The molecule has 1 unspecified atom stereocenters. The van der Waals surface area contributed by atoms with E-state index in [4.69, 9.17) is 11.6 Å². The molecular weight excluding hydrogens is 372 g/mol. The summed E-state index contributed by atoms with van der Waals surface area (Å²) in [6.45, 7) is 0. The maximum absolute atomic E-state index is 13.1. The van der Waals surface area contributed by atoms with E-state index < -0.39 is 6.04 Å². The minimum absolute atomic E-state index is 0.301. The molecule has 136 valence electrons. The number of rotatable bonds is 2. The second-order valence-corrected chi connectivity index (χ2v) is 6.65. The third-order valence-corrected chi connectivity index (χ3v) is 4.68. The first kappa shape index (κ1) is 17.8. The lowest BCUT2D eigenvalue weighted by Gasteiger charge is -2.35. The van der Waals surface area contributed by atoms with E-state index in [0.717, 1.165) is 11.1 Å². The fourth-order valence-corrected chi connectivity index (χ4v) is 3.20. The molecule has 1 amide bonds. The molecule has 5 nitrogen and oxygen atoms in total. The van der Waals surface area contributed by atoms with Crippen LogP contribution in [0.25, 0.3) is 0 Å². The molecule has 1 N–H and O–H groups in total. The number of fused-ring (bicyclic) bond motifs is 1. The molecule has 6 heteroatoms. The fraction of sp³-hybridized carbons (Fsp3) is 0.0455. The quantitative estimate of drug-likeness (QED) is 0.697. The minimum Gasteiger partial charge on any atom is -0.277 e. The first-order chi connectivity index (χ1) is 13.7. The Balaban J connectivity index is 1.80. The number of hydrogen-bond donors (Lipinski definition) is 1. The van der Waals surface area contributed by atoms with E-state index in [1.54, 1.807) is 48.5 Å². The van der Waals surface area contributed by atoms with Gasteiger partial charge in [0.15, 0.2) is 11.9 Å². The molecule has 0 aliphatic carbocycles. The van der Waals surface area contributed by atoms with Gasteiger partial charge in [-0.1, -0.05) is 54.1 Å². The zero-order chi connectivity index (χ0) is 19.5. The van der Waals surface area contributed by atoms with Crippen molar-refractivity contribution < 1.29 is 4.79 Å². The van der Waals surface area contributed by atoms with E-state index in [9.17, 15) is 10.1 Å². The predicted octanol–water partition coefficient (Wildman–Crippen LogP) is 4.64. The highest BCUT2D eigenvalue weighted by Gasteiger charge is 2.34. The number of carbonyl (C=O) groups excluding carboxylic acids is 1. The van der Waals surface area contributed by atoms with Crippen LogP contribution < -0.4 is 5.43 Å². The molecule has 1 atom stereocenters. The lowest BCUT2D eigenvalue weighted by atomic mass is 9.97. The van der Waals surface area contributed by atoms with Gasteiger partial charge in [0.2, 0.25) is 0 Å². The van der Waals surface area contributed by atoms with Crippen molar-refractivity contribution in [2.45, 2.75) is 6.04 Å². The van der Waals surface area contributed by atoms with Gasteiger partial charge in [-0.05, 0) is 36.4 Å². The van der Waals surface area contributed by atoms with Crippen molar-refractivity contribution in [3.8, 4) is 6.07 Å². The monoisotopic (exact) mass is 386 g/mol. The first-order valence-corrected chi connectivity index (χ1v) is 9.03. The SMILES string of the molecule is N#CC1c2ccccc2C(=Nc2ccc(Cl)cc2)NN1C(=O)c1ccccc1. The summed E-state index contributed by atoms with van der Waals surface area (Å²) < 4.78 is 0. The maximum atomic E-state index is 13.1. The molecule has 0 aromatic heterocycles. The standard InChI is InChI=1S/C22H15ClN4O/c23-16-10-12-17(13-11-16)25-21-19-9-5-4-8-18(19)20(14-24)27(26-21)22(28)15-6-2-1-3-7-15/h1-13,20H,(H,25,26). The number of aliphatic imine (C=N–C) groups is 1. The largest absolute Gasteiger partial charge is 0.277 e. The highest BCUT2D eigenvalue weighted by molar-refractivity contribution is 6.30. The number of hydrazine groups is 1. The molecule has 0 bridgehead atoms. The number of halogens is 1. The van der Waals surface area contributed by atoms with Gasteiger partial charge in [0, 0.05) is 21.7 Å². The molecule has 3 aromatic carbocycles. The van der Waals surface area contributed by atoms with Crippen molar-refractivity contribution in [1.82, 2.24) is 10.4 Å². The molecule has 0 saturated carbocycles. The minimum atomic E-state index is -0.770. The maximum Gasteiger partial charge on any atom is 0.273 e. The molecule has 1 aliphatic heterocycles. The van der Waals surface area contributed by atoms with Crippen LogP contribution in [0.3, 0.4) is 0 Å². The van der Waals surface area contributed by atoms with Gasteiger partial charge in [0.1, 0.15) is 0 Å². The van der Waals surface area contributed by atoms with Gasteiger partial charge >= 0.3 is 0 Å². The molecule has 0 radical (unpaired) electrons. The van der Waals surface area contributed by atoms with Crippen molar-refractivity contribution in [2.24, 2.45) is 4.99 Å². The molecule has 1 aliphatic rings. The van der Waals surface area contributed by atoms with Crippen molar-refractivity contribution >= 4 is 29.0 Å². The number of nitrogens with zero attached hydrogens (tertiary/aromatic N) is 3. The van der Waals surface area contributed by atoms with Gasteiger partial charge in [-0.3, -0.25) is 10.2 Å². The number of carbonyl (C=O) groups is 1. The van der Waals surface area contributed by atoms with Gasteiger partial charge in [0.05, 0.1) is 11.8 Å². The third-order valence-electron chi connectivity index (χ3n) is 4.42. The number of nitrogens with one attached hydrogen (secondary N) is 1. The molecule has 28 heavy (non-hydrogen) atoms. The summed E-state index contributed by atoms with van der Waals surface area (Å²) in [6, 6.07) is 24.8. The average Bonchev–Trinajstić information content (AvgIpc) is 2.75. The van der Waals surface area contributed by atoms with Crippen molar-refractivity contribution in [3.05, 3.63) is 101 Å². The number of nitriles is 1. The Kier molecular flexibility index (Phi) is 4.79. The topological polar surface area (TPSA) is 68.5 Å². The molecule has 0 spiro atoms. The van der Waals surface area contributed by atoms with Crippen LogP contribution in [0.4, 0.5) is 5.69 Å². The van der Waals surface area contributed by atoms with E-state index in [1.165, 1.54) is 5.01 Å². The zero-order valence-electron chi connectivity index (χ0n) is 14.7. The van der Waals surface area contributed by atoms with Crippen LogP contribution in [0, 0.1) is 11.3 Å². The molecule has 3 aromatic rings.